The average Bonchev–Trinajstić information content (AvgIpc) is 3.16. The number of benzene rings is 1. The van der Waals surface area contributed by atoms with Crippen LogP contribution in [0, 0.1) is 0 Å². The van der Waals surface area contributed by atoms with Crippen LogP contribution in [0.4, 0.5) is 17.8 Å². The molecule has 0 bridgehead atoms. The van der Waals surface area contributed by atoms with Crippen LogP contribution in [0.1, 0.15) is 5.76 Å². The van der Waals surface area contributed by atoms with Crippen molar-refractivity contribution in [1.82, 2.24) is 19.9 Å². The first-order valence-electron chi connectivity index (χ1n) is 10.1. The number of rotatable bonds is 8. The van der Waals surface area contributed by atoms with Crippen LogP contribution in [0.25, 0.3) is 11.0 Å². The lowest BCUT2D eigenvalue weighted by molar-refractivity contribution is 0.232. The molecule has 0 atom stereocenters. The molecule has 156 valence electrons. The fraction of sp³-hybridized carbons (Fsp3) is 0.318. The first-order valence-corrected chi connectivity index (χ1v) is 10.1. The normalized spacial score (nSPS) is 14.7. The molecule has 3 heterocycles. The molecule has 3 aromatic rings. The minimum absolute atomic E-state index is 0.220. The van der Waals surface area contributed by atoms with E-state index in [1.54, 1.807) is 12.2 Å². The standard InChI is InChI=1S/C22H27N7O/c1-3-9-28(10-4-2)21-24-20(23)25-22(26-21)29-13-11-27(12-14-29)16-18-15-17-7-5-6-8-19(17)30-18/h3-8,15H,1-2,9-14,16H2,(H2,23,24,25,26). The summed E-state index contributed by atoms with van der Waals surface area (Å²) in [6.45, 7) is 13.0. The number of para-hydroxylation sites is 1. The van der Waals surface area contributed by atoms with Gasteiger partial charge in [0.2, 0.25) is 17.8 Å². The molecule has 0 radical (unpaired) electrons. The highest BCUT2D eigenvalue weighted by molar-refractivity contribution is 5.77. The van der Waals surface area contributed by atoms with Crippen molar-refractivity contribution in [2.24, 2.45) is 0 Å². The van der Waals surface area contributed by atoms with E-state index in [-0.39, 0.29) is 5.95 Å². The molecular formula is C22H27N7O. The van der Waals surface area contributed by atoms with E-state index in [0.29, 0.717) is 25.0 Å². The van der Waals surface area contributed by atoms with Gasteiger partial charge in [0.05, 0.1) is 6.54 Å². The lowest BCUT2D eigenvalue weighted by atomic mass is 10.2. The Bertz CT molecular complexity index is 980. The first kappa shape index (κ1) is 19.9. The smallest absolute Gasteiger partial charge is 0.232 e. The van der Waals surface area contributed by atoms with Crippen molar-refractivity contribution in [2.45, 2.75) is 6.54 Å². The number of hydrogen-bond acceptors (Lipinski definition) is 8. The lowest BCUT2D eigenvalue weighted by Gasteiger charge is -2.34. The van der Waals surface area contributed by atoms with E-state index >= 15 is 0 Å². The van der Waals surface area contributed by atoms with Crippen molar-refractivity contribution in [2.75, 3.05) is 54.8 Å². The van der Waals surface area contributed by atoms with Crippen LogP contribution in [-0.2, 0) is 6.54 Å². The highest BCUT2D eigenvalue weighted by Gasteiger charge is 2.22. The Balaban J connectivity index is 1.42. The number of aromatic nitrogens is 3. The maximum atomic E-state index is 5.97. The molecule has 1 fully saturated rings. The first-order chi connectivity index (χ1) is 14.7. The predicted molar refractivity (Wildman–Crippen MR) is 121 cm³/mol. The van der Waals surface area contributed by atoms with E-state index < -0.39 is 0 Å². The van der Waals surface area contributed by atoms with Crippen molar-refractivity contribution < 1.29 is 4.42 Å². The number of nitrogens with two attached hydrogens (primary N) is 1. The molecule has 1 aliphatic rings. The summed E-state index contributed by atoms with van der Waals surface area (Å²) in [5, 5.41) is 1.14. The summed E-state index contributed by atoms with van der Waals surface area (Å²) in [7, 11) is 0. The summed E-state index contributed by atoms with van der Waals surface area (Å²) in [6, 6.07) is 10.2. The predicted octanol–water partition coefficient (Wildman–Crippen LogP) is 2.70. The van der Waals surface area contributed by atoms with Gasteiger partial charge in [0.15, 0.2) is 0 Å². The maximum absolute atomic E-state index is 5.97. The highest BCUT2D eigenvalue weighted by atomic mass is 16.3. The van der Waals surface area contributed by atoms with Crippen LogP contribution in [-0.4, -0.2) is 59.1 Å². The van der Waals surface area contributed by atoms with Crippen molar-refractivity contribution in [3.8, 4) is 0 Å². The number of hydrogen-bond donors (Lipinski definition) is 1. The quantitative estimate of drug-likeness (QED) is 0.573. The monoisotopic (exact) mass is 405 g/mol. The van der Waals surface area contributed by atoms with Gasteiger partial charge in [-0.15, -0.1) is 13.2 Å². The second-order valence-electron chi connectivity index (χ2n) is 7.29. The molecular weight excluding hydrogens is 378 g/mol. The van der Waals surface area contributed by atoms with Gasteiger partial charge < -0.3 is 20.0 Å². The molecule has 4 rings (SSSR count). The highest BCUT2D eigenvalue weighted by Crippen LogP contribution is 2.22. The molecule has 1 aliphatic heterocycles. The number of nitrogen functional groups attached to an aromatic ring is 1. The van der Waals surface area contributed by atoms with Crippen LogP contribution in [0.5, 0.6) is 0 Å². The molecule has 1 saturated heterocycles. The van der Waals surface area contributed by atoms with E-state index in [1.165, 1.54) is 0 Å². The third-order valence-electron chi connectivity index (χ3n) is 5.12. The Morgan fingerprint density at radius 2 is 1.77 bits per heavy atom. The summed E-state index contributed by atoms with van der Waals surface area (Å²) in [5.74, 6) is 2.36. The van der Waals surface area contributed by atoms with Crippen LogP contribution in [0.3, 0.4) is 0 Å². The van der Waals surface area contributed by atoms with Gasteiger partial charge in [-0.25, -0.2) is 0 Å². The van der Waals surface area contributed by atoms with Gasteiger partial charge in [-0.3, -0.25) is 4.90 Å². The van der Waals surface area contributed by atoms with Crippen molar-refractivity contribution in [3.05, 3.63) is 61.4 Å². The minimum atomic E-state index is 0.220. The van der Waals surface area contributed by atoms with Crippen LogP contribution in [0.15, 0.2) is 60.1 Å². The topological polar surface area (TPSA) is 87.6 Å². The van der Waals surface area contributed by atoms with Gasteiger partial charge in [0.1, 0.15) is 11.3 Å². The molecule has 8 nitrogen and oxygen atoms in total. The lowest BCUT2D eigenvalue weighted by Crippen LogP contribution is -2.46. The third-order valence-corrected chi connectivity index (χ3v) is 5.12. The van der Waals surface area contributed by atoms with E-state index in [4.69, 9.17) is 10.2 Å². The number of anilines is 3. The Morgan fingerprint density at radius 3 is 2.47 bits per heavy atom. The number of furan rings is 1. The summed E-state index contributed by atoms with van der Waals surface area (Å²) < 4.78 is 5.96. The molecule has 0 aliphatic carbocycles. The number of fused-ring (bicyclic) bond motifs is 1. The van der Waals surface area contributed by atoms with Gasteiger partial charge in [0.25, 0.3) is 0 Å². The fourth-order valence-corrected chi connectivity index (χ4v) is 3.64. The van der Waals surface area contributed by atoms with E-state index in [9.17, 15) is 0 Å². The van der Waals surface area contributed by atoms with Gasteiger partial charge in [0, 0.05) is 44.7 Å². The Kier molecular flexibility index (Phi) is 5.94. The zero-order valence-corrected chi connectivity index (χ0v) is 17.1. The second kappa shape index (κ2) is 8.96. The summed E-state index contributed by atoms with van der Waals surface area (Å²) >= 11 is 0. The van der Waals surface area contributed by atoms with E-state index in [2.05, 4.69) is 50.0 Å². The molecule has 8 heteroatoms. The molecule has 30 heavy (non-hydrogen) atoms. The summed E-state index contributed by atoms with van der Waals surface area (Å²) in [5.41, 5.74) is 6.91. The zero-order chi connectivity index (χ0) is 20.9. The maximum Gasteiger partial charge on any atom is 0.232 e. The van der Waals surface area contributed by atoms with E-state index in [1.807, 2.05) is 23.1 Å². The average molecular weight is 406 g/mol. The zero-order valence-electron chi connectivity index (χ0n) is 17.1. The van der Waals surface area contributed by atoms with Gasteiger partial charge in [-0.05, 0) is 12.1 Å². The summed E-state index contributed by atoms with van der Waals surface area (Å²) in [6.07, 6.45) is 3.61. The fourth-order valence-electron chi connectivity index (χ4n) is 3.64. The van der Waals surface area contributed by atoms with Crippen molar-refractivity contribution in [3.63, 3.8) is 0 Å². The minimum Gasteiger partial charge on any atom is -0.460 e. The van der Waals surface area contributed by atoms with Crippen molar-refractivity contribution >= 4 is 28.8 Å². The second-order valence-corrected chi connectivity index (χ2v) is 7.29. The van der Waals surface area contributed by atoms with Gasteiger partial charge in [-0.1, -0.05) is 30.4 Å². The van der Waals surface area contributed by atoms with Gasteiger partial charge >= 0.3 is 0 Å². The Morgan fingerprint density at radius 1 is 1.03 bits per heavy atom. The molecule has 0 spiro atoms. The molecule has 0 saturated carbocycles. The SMILES string of the molecule is C=CCN(CC=C)c1nc(N)nc(N2CCN(Cc3cc4ccccc4o3)CC2)n1. The molecule has 2 N–H and O–H groups in total. The molecule has 0 amide bonds. The third kappa shape index (κ3) is 4.44. The number of piperazine rings is 1. The number of nitrogens with zero attached hydrogens (tertiary/aromatic N) is 6. The summed E-state index contributed by atoms with van der Waals surface area (Å²) in [4.78, 5) is 19.8. The molecule has 2 aromatic heterocycles. The van der Waals surface area contributed by atoms with Gasteiger partial charge in [-0.2, -0.15) is 15.0 Å². The Labute approximate surface area is 176 Å². The molecule has 1 aromatic carbocycles. The molecule has 0 unspecified atom stereocenters. The van der Waals surface area contributed by atoms with Crippen LogP contribution >= 0.6 is 0 Å². The van der Waals surface area contributed by atoms with E-state index in [0.717, 1.165) is 49.5 Å². The van der Waals surface area contributed by atoms with Crippen LogP contribution in [0.2, 0.25) is 0 Å². The van der Waals surface area contributed by atoms with Crippen LogP contribution < -0.4 is 15.5 Å². The largest absolute Gasteiger partial charge is 0.460 e. The Hall–Kier alpha value is -3.39. The van der Waals surface area contributed by atoms with Crippen molar-refractivity contribution in [1.29, 1.82) is 0 Å².